The molecule has 0 radical (unpaired) electrons. The standard InChI is InChI=1S/C31H33N5O4S/c37-31(33-14-16-35-17-19-40-20-18-35)27-21-26(10-11-28(27)36-15-12-23-5-1-2-6-25(23)22-36)34-41(38,39)29-9-3-7-24-8-4-13-32-30(24)29/h1-11,13,21,34H,12,14-20,22H2,(H,33,37). The second-order valence-corrected chi connectivity index (χ2v) is 12.0. The summed E-state index contributed by atoms with van der Waals surface area (Å²) in [6.45, 7) is 5.73. The molecule has 1 saturated heterocycles. The largest absolute Gasteiger partial charge is 0.379 e. The maximum Gasteiger partial charge on any atom is 0.264 e. The minimum Gasteiger partial charge on any atom is -0.379 e. The van der Waals surface area contributed by atoms with Crippen LogP contribution in [0.25, 0.3) is 10.9 Å². The molecule has 41 heavy (non-hydrogen) atoms. The van der Waals surface area contributed by atoms with Crippen LogP contribution >= 0.6 is 0 Å². The van der Waals surface area contributed by atoms with Crippen LogP contribution in [0.2, 0.25) is 0 Å². The number of aromatic nitrogens is 1. The molecule has 0 atom stereocenters. The molecular formula is C31H33N5O4S. The minimum absolute atomic E-state index is 0.0869. The van der Waals surface area contributed by atoms with Crippen molar-refractivity contribution in [2.24, 2.45) is 0 Å². The number of pyridine rings is 1. The van der Waals surface area contributed by atoms with Crippen molar-refractivity contribution in [3.63, 3.8) is 0 Å². The van der Waals surface area contributed by atoms with Gasteiger partial charge in [0.05, 0.1) is 24.3 Å². The first kappa shape index (κ1) is 27.2. The zero-order valence-corrected chi connectivity index (χ0v) is 23.6. The van der Waals surface area contributed by atoms with Crippen molar-refractivity contribution in [3.8, 4) is 0 Å². The third-order valence-corrected chi connectivity index (χ3v) is 9.08. The molecule has 9 nitrogen and oxygen atoms in total. The van der Waals surface area contributed by atoms with Crippen molar-refractivity contribution >= 4 is 38.2 Å². The monoisotopic (exact) mass is 571 g/mol. The molecular weight excluding hydrogens is 538 g/mol. The van der Waals surface area contributed by atoms with Gasteiger partial charge in [0.2, 0.25) is 0 Å². The first-order valence-corrected chi connectivity index (χ1v) is 15.4. The van der Waals surface area contributed by atoms with E-state index in [4.69, 9.17) is 4.74 Å². The van der Waals surface area contributed by atoms with Crippen molar-refractivity contribution in [1.29, 1.82) is 0 Å². The van der Waals surface area contributed by atoms with Gasteiger partial charge in [0, 0.05) is 62.2 Å². The Morgan fingerprint density at radius 1 is 0.927 bits per heavy atom. The highest BCUT2D eigenvalue weighted by atomic mass is 32.2. The van der Waals surface area contributed by atoms with E-state index in [0.29, 0.717) is 43.1 Å². The number of fused-ring (bicyclic) bond motifs is 2. The number of nitrogens with zero attached hydrogens (tertiary/aromatic N) is 3. The molecule has 1 aromatic heterocycles. The lowest BCUT2D eigenvalue weighted by Crippen LogP contribution is -2.41. The zero-order valence-electron chi connectivity index (χ0n) is 22.8. The number of ether oxygens (including phenoxy) is 1. The second-order valence-electron chi connectivity index (χ2n) is 10.3. The average Bonchev–Trinajstić information content (AvgIpc) is 3.01. The highest BCUT2D eigenvalue weighted by Gasteiger charge is 2.24. The number of morpholine rings is 1. The molecule has 0 spiro atoms. The number of benzene rings is 3. The van der Waals surface area contributed by atoms with Crippen molar-refractivity contribution < 1.29 is 17.9 Å². The Balaban J connectivity index is 1.28. The van der Waals surface area contributed by atoms with E-state index in [1.54, 1.807) is 30.5 Å². The number of hydrogen-bond donors (Lipinski definition) is 2. The summed E-state index contributed by atoms with van der Waals surface area (Å²) in [5.74, 6) is -0.236. The molecule has 2 aliphatic rings. The zero-order chi connectivity index (χ0) is 28.2. The highest BCUT2D eigenvalue weighted by Crippen LogP contribution is 2.31. The first-order valence-electron chi connectivity index (χ1n) is 13.9. The molecule has 212 valence electrons. The van der Waals surface area contributed by atoms with Gasteiger partial charge < -0.3 is 15.0 Å². The maximum atomic E-state index is 13.6. The number of anilines is 2. The molecule has 6 rings (SSSR count). The molecule has 1 fully saturated rings. The van der Waals surface area contributed by atoms with Gasteiger partial charge in [-0.25, -0.2) is 8.42 Å². The van der Waals surface area contributed by atoms with Crippen LogP contribution in [-0.4, -0.2) is 70.1 Å². The summed E-state index contributed by atoms with van der Waals surface area (Å²) in [5.41, 5.74) is 4.46. The average molecular weight is 572 g/mol. The van der Waals surface area contributed by atoms with Gasteiger partial charge in [0.1, 0.15) is 4.90 Å². The second kappa shape index (κ2) is 11.9. The SMILES string of the molecule is O=C(NCCN1CCOCC1)c1cc(NS(=O)(=O)c2cccc3cccnc23)ccc1N1CCc2ccccc2C1. The number of nitrogens with one attached hydrogen (secondary N) is 2. The lowest BCUT2D eigenvalue weighted by Gasteiger charge is -2.32. The van der Waals surface area contributed by atoms with E-state index >= 15 is 0 Å². The molecule has 3 aromatic carbocycles. The van der Waals surface area contributed by atoms with Crippen LogP contribution in [0.1, 0.15) is 21.5 Å². The lowest BCUT2D eigenvalue weighted by atomic mass is 9.98. The molecule has 10 heteroatoms. The first-order chi connectivity index (χ1) is 20.0. The minimum atomic E-state index is -3.97. The Labute approximate surface area is 240 Å². The quantitative estimate of drug-likeness (QED) is 0.333. The van der Waals surface area contributed by atoms with Gasteiger partial charge in [-0.3, -0.25) is 19.4 Å². The Morgan fingerprint density at radius 2 is 1.73 bits per heavy atom. The molecule has 0 bridgehead atoms. The number of amides is 1. The van der Waals surface area contributed by atoms with Gasteiger partial charge in [-0.1, -0.05) is 42.5 Å². The van der Waals surface area contributed by atoms with E-state index in [2.05, 4.69) is 37.0 Å². The molecule has 2 N–H and O–H groups in total. The summed E-state index contributed by atoms with van der Waals surface area (Å²) >= 11 is 0. The Bertz CT molecular complexity index is 1670. The number of carbonyl (C=O) groups excluding carboxylic acids is 1. The fraction of sp³-hybridized carbons (Fsp3) is 0.290. The molecule has 0 saturated carbocycles. The Morgan fingerprint density at radius 3 is 2.59 bits per heavy atom. The van der Waals surface area contributed by atoms with Crippen molar-refractivity contribution in [1.82, 2.24) is 15.2 Å². The summed E-state index contributed by atoms with van der Waals surface area (Å²) in [4.78, 5) is 22.4. The smallest absolute Gasteiger partial charge is 0.264 e. The number of sulfonamides is 1. The van der Waals surface area contributed by atoms with Crippen molar-refractivity contribution in [2.75, 3.05) is 55.6 Å². The van der Waals surface area contributed by atoms with Crippen molar-refractivity contribution in [3.05, 3.63) is 95.7 Å². The number of carbonyl (C=O) groups is 1. The molecule has 3 heterocycles. The van der Waals surface area contributed by atoms with E-state index in [1.165, 1.54) is 17.2 Å². The number of para-hydroxylation sites is 1. The highest BCUT2D eigenvalue weighted by molar-refractivity contribution is 7.93. The van der Waals surface area contributed by atoms with E-state index in [0.717, 1.165) is 43.7 Å². The molecule has 1 amide bonds. The summed E-state index contributed by atoms with van der Waals surface area (Å²) < 4.78 is 35.1. The van der Waals surface area contributed by atoms with Crippen LogP contribution < -0.4 is 14.9 Å². The van der Waals surface area contributed by atoms with Gasteiger partial charge in [-0.2, -0.15) is 0 Å². The maximum absolute atomic E-state index is 13.6. The predicted molar refractivity (Wildman–Crippen MR) is 160 cm³/mol. The van der Waals surface area contributed by atoms with Gasteiger partial charge in [-0.15, -0.1) is 0 Å². The third kappa shape index (κ3) is 6.04. The van der Waals surface area contributed by atoms with Crippen LogP contribution in [-0.2, 0) is 27.7 Å². The lowest BCUT2D eigenvalue weighted by molar-refractivity contribution is 0.0383. The Hall–Kier alpha value is -3.99. The van der Waals surface area contributed by atoms with E-state index in [9.17, 15) is 13.2 Å². The molecule has 0 unspecified atom stereocenters. The van der Waals surface area contributed by atoms with Crippen LogP contribution in [0.5, 0.6) is 0 Å². The topological polar surface area (TPSA) is 104 Å². The van der Waals surface area contributed by atoms with Crippen LogP contribution in [0.3, 0.4) is 0 Å². The normalized spacial score (nSPS) is 15.9. The van der Waals surface area contributed by atoms with E-state index < -0.39 is 10.0 Å². The number of rotatable bonds is 8. The van der Waals surface area contributed by atoms with Gasteiger partial charge in [0.15, 0.2) is 0 Å². The van der Waals surface area contributed by atoms with E-state index in [-0.39, 0.29) is 10.8 Å². The fourth-order valence-electron chi connectivity index (χ4n) is 5.51. The number of hydrogen-bond acceptors (Lipinski definition) is 7. The van der Waals surface area contributed by atoms with Crippen molar-refractivity contribution in [2.45, 2.75) is 17.9 Å². The van der Waals surface area contributed by atoms with Crippen LogP contribution in [0.4, 0.5) is 11.4 Å². The third-order valence-electron chi connectivity index (χ3n) is 7.67. The molecule has 4 aromatic rings. The van der Waals surface area contributed by atoms with Crippen LogP contribution in [0.15, 0.2) is 83.9 Å². The summed E-state index contributed by atoms with van der Waals surface area (Å²) in [5, 5.41) is 3.79. The summed E-state index contributed by atoms with van der Waals surface area (Å²) in [6, 6.07) is 22.2. The summed E-state index contributed by atoms with van der Waals surface area (Å²) in [6.07, 6.45) is 2.45. The van der Waals surface area contributed by atoms with E-state index in [1.807, 2.05) is 30.3 Å². The fourth-order valence-corrected chi connectivity index (χ4v) is 6.74. The summed E-state index contributed by atoms with van der Waals surface area (Å²) in [7, 11) is -3.97. The van der Waals surface area contributed by atoms with Gasteiger partial charge >= 0.3 is 0 Å². The van der Waals surface area contributed by atoms with Gasteiger partial charge in [-0.05, 0) is 47.9 Å². The predicted octanol–water partition coefficient (Wildman–Crippen LogP) is 3.66. The Kier molecular flexibility index (Phi) is 7.86. The molecule has 0 aliphatic carbocycles. The van der Waals surface area contributed by atoms with Crippen LogP contribution in [0, 0.1) is 0 Å². The van der Waals surface area contributed by atoms with Gasteiger partial charge in [0.25, 0.3) is 15.9 Å². The molecule has 2 aliphatic heterocycles.